The van der Waals surface area contributed by atoms with Crippen molar-refractivity contribution in [3.05, 3.63) is 30.1 Å². The molecule has 0 aliphatic carbocycles. The van der Waals surface area contributed by atoms with E-state index in [9.17, 15) is 9.59 Å². The molecule has 0 saturated carbocycles. The Kier molecular flexibility index (Phi) is 5.09. The van der Waals surface area contributed by atoms with Crippen molar-refractivity contribution in [1.29, 1.82) is 0 Å². The van der Waals surface area contributed by atoms with Gasteiger partial charge in [-0.25, -0.2) is 4.79 Å². The van der Waals surface area contributed by atoms with Crippen LogP contribution < -0.4 is 5.32 Å². The van der Waals surface area contributed by atoms with Crippen LogP contribution in [-0.4, -0.2) is 41.2 Å². The molecule has 0 saturated heterocycles. The van der Waals surface area contributed by atoms with E-state index in [4.69, 9.17) is 9.84 Å². The summed E-state index contributed by atoms with van der Waals surface area (Å²) in [6.07, 6.45) is 2.16. The van der Waals surface area contributed by atoms with Gasteiger partial charge in [-0.3, -0.25) is 9.78 Å². The average Bonchev–Trinajstić information content (AvgIpc) is 2.35. The van der Waals surface area contributed by atoms with Crippen LogP contribution in [0.3, 0.4) is 0 Å². The quantitative estimate of drug-likeness (QED) is 0.696. The molecule has 0 aromatic carbocycles. The Labute approximate surface area is 98.6 Å². The lowest BCUT2D eigenvalue weighted by Crippen LogP contribution is -2.30. The van der Waals surface area contributed by atoms with Gasteiger partial charge in [-0.2, -0.15) is 0 Å². The second kappa shape index (κ2) is 6.59. The molecule has 0 aliphatic heterocycles. The minimum absolute atomic E-state index is 0.152. The van der Waals surface area contributed by atoms with Gasteiger partial charge in [0.15, 0.2) is 6.10 Å². The van der Waals surface area contributed by atoms with Crippen LogP contribution in [0.25, 0.3) is 0 Å². The molecule has 1 atom stereocenters. The topological polar surface area (TPSA) is 88.5 Å². The number of rotatable bonds is 6. The molecule has 0 bridgehead atoms. The van der Waals surface area contributed by atoms with Crippen molar-refractivity contribution in [3.8, 4) is 0 Å². The average molecular weight is 238 g/mol. The molecule has 1 aromatic heterocycles. The Morgan fingerprint density at radius 1 is 1.59 bits per heavy atom. The van der Waals surface area contributed by atoms with E-state index >= 15 is 0 Å². The van der Waals surface area contributed by atoms with E-state index < -0.39 is 12.1 Å². The maximum Gasteiger partial charge on any atom is 0.332 e. The molecule has 17 heavy (non-hydrogen) atoms. The van der Waals surface area contributed by atoms with Crippen molar-refractivity contribution in [2.24, 2.45) is 0 Å². The summed E-state index contributed by atoms with van der Waals surface area (Å²) >= 11 is 0. The maximum atomic E-state index is 11.5. The van der Waals surface area contributed by atoms with E-state index in [1.165, 1.54) is 13.1 Å². The van der Waals surface area contributed by atoms with Crippen LogP contribution in [0.4, 0.5) is 0 Å². The first-order chi connectivity index (χ1) is 8.11. The number of pyridine rings is 1. The van der Waals surface area contributed by atoms with Crippen LogP contribution >= 0.6 is 0 Å². The van der Waals surface area contributed by atoms with Crippen LogP contribution in [0.5, 0.6) is 0 Å². The molecule has 1 aromatic rings. The fourth-order valence-electron chi connectivity index (χ4n) is 1.07. The van der Waals surface area contributed by atoms with Gasteiger partial charge in [-0.1, -0.05) is 0 Å². The van der Waals surface area contributed by atoms with Gasteiger partial charge < -0.3 is 15.2 Å². The van der Waals surface area contributed by atoms with E-state index in [0.717, 1.165) is 0 Å². The highest BCUT2D eigenvalue weighted by molar-refractivity contribution is 5.93. The van der Waals surface area contributed by atoms with Gasteiger partial charge in [-0.15, -0.1) is 0 Å². The van der Waals surface area contributed by atoms with Gasteiger partial charge in [0.1, 0.15) is 0 Å². The number of hydrogen-bond donors (Lipinski definition) is 2. The van der Waals surface area contributed by atoms with Crippen molar-refractivity contribution >= 4 is 11.9 Å². The van der Waals surface area contributed by atoms with E-state index in [1.54, 1.807) is 18.3 Å². The zero-order valence-corrected chi connectivity index (χ0v) is 9.42. The van der Waals surface area contributed by atoms with E-state index in [0.29, 0.717) is 5.56 Å². The smallest absolute Gasteiger partial charge is 0.332 e. The summed E-state index contributed by atoms with van der Waals surface area (Å²) in [7, 11) is 0. The van der Waals surface area contributed by atoms with E-state index in [2.05, 4.69) is 10.3 Å². The van der Waals surface area contributed by atoms with E-state index in [-0.39, 0.29) is 19.1 Å². The molecule has 6 heteroatoms. The Morgan fingerprint density at radius 3 is 2.94 bits per heavy atom. The van der Waals surface area contributed by atoms with Gasteiger partial charge in [0.25, 0.3) is 5.91 Å². The predicted molar refractivity (Wildman–Crippen MR) is 59.6 cm³/mol. The number of carbonyl (C=O) groups excluding carboxylic acids is 1. The van der Waals surface area contributed by atoms with Crippen LogP contribution in [0.2, 0.25) is 0 Å². The molecule has 92 valence electrons. The highest BCUT2D eigenvalue weighted by atomic mass is 16.5. The van der Waals surface area contributed by atoms with Crippen molar-refractivity contribution in [2.75, 3.05) is 13.2 Å². The van der Waals surface area contributed by atoms with E-state index in [1.807, 2.05) is 0 Å². The first-order valence-corrected chi connectivity index (χ1v) is 5.14. The van der Waals surface area contributed by atoms with Crippen molar-refractivity contribution in [3.63, 3.8) is 0 Å². The third-order valence-corrected chi connectivity index (χ3v) is 2.03. The van der Waals surface area contributed by atoms with Gasteiger partial charge in [0, 0.05) is 18.9 Å². The molecule has 0 fully saturated rings. The number of hydrogen-bond acceptors (Lipinski definition) is 4. The number of aromatic nitrogens is 1. The maximum absolute atomic E-state index is 11.5. The number of carbonyl (C=O) groups is 2. The Balaban J connectivity index is 2.24. The number of aliphatic carboxylic acids is 1. The molecule has 6 nitrogen and oxygen atoms in total. The van der Waals surface area contributed by atoms with Crippen LogP contribution in [0, 0.1) is 0 Å². The van der Waals surface area contributed by atoms with Crippen LogP contribution in [0.15, 0.2) is 24.5 Å². The second-order valence-corrected chi connectivity index (χ2v) is 3.35. The first-order valence-electron chi connectivity index (χ1n) is 5.14. The standard InChI is InChI=1S/C11H14N2O4/c1-8(11(15)16)17-6-5-13-10(14)9-3-2-4-12-7-9/h2-4,7-8H,5-6H2,1H3,(H,13,14)(H,15,16). The fraction of sp³-hybridized carbons (Fsp3) is 0.364. The SMILES string of the molecule is CC(OCCNC(=O)c1cccnc1)C(=O)O. The fourth-order valence-corrected chi connectivity index (χ4v) is 1.07. The Hall–Kier alpha value is -1.95. The Bertz CT molecular complexity index is 380. The van der Waals surface area contributed by atoms with Crippen molar-refractivity contribution < 1.29 is 19.4 Å². The number of nitrogens with zero attached hydrogens (tertiary/aromatic N) is 1. The summed E-state index contributed by atoms with van der Waals surface area (Å²) in [6, 6.07) is 3.31. The minimum atomic E-state index is -1.02. The molecule has 0 radical (unpaired) electrons. The summed E-state index contributed by atoms with van der Waals surface area (Å²) in [5, 5.41) is 11.1. The van der Waals surface area contributed by atoms with Gasteiger partial charge in [0.05, 0.1) is 12.2 Å². The van der Waals surface area contributed by atoms with Gasteiger partial charge >= 0.3 is 5.97 Å². The van der Waals surface area contributed by atoms with Crippen molar-refractivity contribution in [1.82, 2.24) is 10.3 Å². The summed E-state index contributed by atoms with van der Waals surface area (Å²) in [5.41, 5.74) is 0.457. The molecular formula is C11H14N2O4. The second-order valence-electron chi connectivity index (χ2n) is 3.35. The van der Waals surface area contributed by atoms with Crippen LogP contribution in [-0.2, 0) is 9.53 Å². The summed E-state index contributed by atoms with van der Waals surface area (Å²) < 4.78 is 4.96. The monoisotopic (exact) mass is 238 g/mol. The normalized spacial score (nSPS) is 11.8. The lowest BCUT2D eigenvalue weighted by atomic mass is 10.3. The predicted octanol–water partition coefficient (Wildman–Crippen LogP) is 0.301. The number of carboxylic acids is 1. The largest absolute Gasteiger partial charge is 0.479 e. The third-order valence-electron chi connectivity index (χ3n) is 2.03. The summed E-state index contributed by atoms with van der Waals surface area (Å²) in [5.74, 6) is -1.28. The highest BCUT2D eigenvalue weighted by Gasteiger charge is 2.10. The molecule has 1 heterocycles. The minimum Gasteiger partial charge on any atom is -0.479 e. The Morgan fingerprint density at radius 2 is 2.35 bits per heavy atom. The first kappa shape index (κ1) is 13.1. The molecule has 0 aliphatic rings. The van der Waals surface area contributed by atoms with Gasteiger partial charge in [0.2, 0.25) is 0 Å². The number of nitrogens with one attached hydrogen (secondary N) is 1. The lowest BCUT2D eigenvalue weighted by molar-refractivity contribution is -0.148. The zero-order valence-electron chi connectivity index (χ0n) is 9.42. The lowest BCUT2D eigenvalue weighted by Gasteiger charge is -2.09. The van der Waals surface area contributed by atoms with Crippen LogP contribution in [0.1, 0.15) is 17.3 Å². The summed E-state index contributed by atoms with van der Waals surface area (Å²) in [4.78, 5) is 25.7. The molecule has 0 spiro atoms. The molecule has 1 amide bonds. The zero-order chi connectivity index (χ0) is 12.7. The third kappa shape index (κ3) is 4.60. The molecule has 2 N–H and O–H groups in total. The molecular weight excluding hydrogens is 224 g/mol. The van der Waals surface area contributed by atoms with Gasteiger partial charge in [-0.05, 0) is 19.1 Å². The molecule has 1 unspecified atom stereocenters. The number of carboxylic acid groups (broad SMARTS) is 1. The number of amides is 1. The molecule has 1 rings (SSSR count). The number of ether oxygens (including phenoxy) is 1. The summed E-state index contributed by atoms with van der Waals surface area (Å²) in [6.45, 7) is 1.84. The highest BCUT2D eigenvalue weighted by Crippen LogP contribution is 1.95. The van der Waals surface area contributed by atoms with Crippen molar-refractivity contribution in [2.45, 2.75) is 13.0 Å².